The lowest BCUT2D eigenvalue weighted by atomic mass is 10.2. The summed E-state index contributed by atoms with van der Waals surface area (Å²) in [5, 5.41) is 8.85. The fraction of sp³-hybridized carbons (Fsp3) is 0.143. The molecule has 1 aromatic carbocycles. The SMILES string of the molecule is Oc1ccc(CI)cc1. The Kier molecular flexibility index (Phi) is 2.33. The molecule has 9 heavy (non-hydrogen) atoms. The third-order valence-corrected chi connectivity index (χ3v) is 1.97. The summed E-state index contributed by atoms with van der Waals surface area (Å²) in [6, 6.07) is 7.24. The maximum Gasteiger partial charge on any atom is 0.115 e. The summed E-state index contributed by atoms with van der Waals surface area (Å²) in [4.78, 5) is 0. The molecular weight excluding hydrogens is 227 g/mol. The van der Waals surface area contributed by atoms with Crippen molar-refractivity contribution in [1.29, 1.82) is 0 Å². The Morgan fingerprint density at radius 1 is 1.22 bits per heavy atom. The Balaban J connectivity index is 2.88. The topological polar surface area (TPSA) is 20.2 Å². The molecule has 1 aromatic rings. The maximum atomic E-state index is 8.85. The molecule has 48 valence electrons. The molecule has 0 spiro atoms. The van der Waals surface area contributed by atoms with Crippen molar-refractivity contribution >= 4 is 22.6 Å². The van der Waals surface area contributed by atoms with Crippen LogP contribution in [0.15, 0.2) is 24.3 Å². The number of halogens is 1. The van der Waals surface area contributed by atoms with Gasteiger partial charge in [0.25, 0.3) is 0 Å². The van der Waals surface area contributed by atoms with Crippen LogP contribution in [0, 0.1) is 0 Å². The number of alkyl halides is 1. The van der Waals surface area contributed by atoms with Crippen molar-refractivity contribution in [3.63, 3.8) is 0 Å². The summed E-state index contributed by atoms with van der Waals surface area (Å²) in [5.74, 6) is 0.337. The summed E-state index contributed by atoms with van der Waals surface area (Å²) >= 11 is 2.28. The molecule has 0 fully saturated rings. The van der Waals surface area contributed by atoms with Gasteiger partial charge in [-0.3, -0.25) is 0 Å². The first-order valence-electron chi connectivity index (χ1n) is 2.67. The van der Waals surface area contributed by atoms with Gasteiger partial charge < -0.3 is 5.11 Å². The van der Waals surface area contributed by atoms with E-state index in [0.717, 1.165) is 4.43 Å². The van der Waals surface area contributed by atoms with Gasteiger partial charge in [-0.15, -0.1) is 0 Å². The number of benzene rings is 1. The lowest BCUT2D eigenvalue weighted by Crippen LogP contribution is -1.72. The van der Waals surface area contributed by atoms with Crippen molar-refractivity contribution in [3.8, 4) is 5.75 Å². The molecule has 0 saturated carbocycles. The van der Waals surface area contributed by atoms with Crippen molar-refractivity contribution in [2.75, 3.05) is 0 Å². The Morgan fingerprint density at radius 3 is 2.22 bits per heavy atom. The first-order valence-corrected chi connectivity index (χ1v) is 4.19. The summed E-state index contributed by atoms with van der Waals surface area (Å²) in [5.41, 5.74) is 1.24. The minimum atomic E-state index is 0.337. The Hall–Kier alpha value is -0.250. The van der Waals surface area contributed by atoms with Crippen LogP contribution >= 0.6 is 22.6 Å². The number of aromatic hydroxyl groups is 1. The normalized spacial score (nSPS) is 9.44. The minimum Gasteiger partial charge on any atom is -0.508 e. The van der Waals surface area contributed by atoms with E-state index < -0.39 is 0 Å². The number of hydrogen-bond donors (Lipinski definition) is 1. The van der Waals surface area contributed by atoms with Gasteiger partial charge in [0.2, 0.25) is 0 Å². The van der Waals surface area contributed by atoms with Gasteiger partial charge in [-0.25, -0.2) is 0 Å². The molecule has 0 aromatic heterocycles. The van der Waals surface area contributed by atoms with Crippen LogP contribution in [0.5, 0.6) is 5.75 Å². The highest BCUT2D eigenvalue weighted by Gasteiger charge is 1.87. The summed E-state index contributed by atoms with van der Waals surface area (Å²) in [6.07, 6.45) is 0. The van der Waals surface area contributed by atoms with Crippen LogP contribution in [0.25, 0.3) is 0 Å². The molecule has 1 rings (SSSR count). The quantitative estimate of drug-likeness (QED) is 0.584. The monoisotopic (exact) mass is 234 g/mol. The molecule has 0 amide bonds. The second-order valence-electron chi connectivity index (χ2n) is 1.80. The van der Waals surface area contributed by atoms with Gasteiger partial charge in [0.05, 0.1) is 0 Å². The lowest BCUT2D eigenvalue weighted by Gasteiger charge is -1.92. The van der Waals surface area contributed by atoms with Crippen LogP contribution in [-0.4, -0.2) is 5.11 Å². The van der Waals surface area contributed by atoms with Gasteiger partial charge >= 0.3 is 0 Å². The first kappa shape index (κ1) is 6.86. The summed E-state index contributed by atoms with van der Waals surface area (Å²) in [7, 11) is 0. The molecule has 0 aliphatic carbocycles. The maximum absolute atomic E-state index is 8.85. The van der Waals surface area contributed by atoms with Crippen molar-refractivity contribution in [1.82, 2.24) is 0 Å². The third-order valence-electron chi connectivity index (χ3n) is 1.09. The van der Waals surface area contributed by atoms with E-state index in [2.05, 4.69) is 22.6 Å². The highest BCUT2D eigenvalue weighted by Crippen LogP contribution is 2.11. The lowest BCUT2D eigenvalue weighted by molar-refractivity contribution is 0.475. The molecule has 0 heterocycles. The molecule has 2 heteroatoms. The van der Waals surface area contributed by atoms with Crippen LogP contribution < -0.4 is 0 Å². The van der Waals surface area contributed by atoms with Crippen LogP contribution in [0.1, 0.15) is 5.56 Å². The van der Waals surface area contributed by atoms with Gasteiger partial charge in [0.1, 0.15) is 5.75 Å². The Morgan fingerprint density at radius 2 is 1.78 bits per heavy atom. The predicted molar refractivity (Wildman–Crippen MR) is 45.8 cm³/mol. The number of phenols is 1. The van der Waals surface area contributed by atoms with Crippen LogP contribution in [0.2, 0.25) is 0 Å². The average molecular weight is 234 g/mol. The van der Waals surface area contributed by atoms with Crippen LogP contribution in [-0.2, 0) is 4.43 Å². The molecule has 0 aliphatic heterocycles. The smallest absolute Gasteiger partial charge is 0.115 e. The molecule has 1 N–H and O–H groups in total. The fourth-order valence-corrected chi connectivity index (χ4v) is 1.09. The highest BCUT2D eigenvalue weighted by atomic mass is 127. The fourth-order valence-electron chi connectivity index (χ4n) is 0.585. The standard InChI is InChI=1S/C7H7IO/c8-5-6-1-3-7(9)4-2-6/h1-4,9H,5H2. The number of hydrogen-bond acceptors (Lipinski definition) is 1. The zero-order valence-electron chi connectivity index (χ0n) is 4.84. The van der Waals surface area contributed by atoms with Gasteiger partial charge in [0.15, 0.2) is 0 Å². The summed E-state index contributed by atoms with van der Waals surface area (Å²) < 4.78 is 0.998. The van der Waals surface area contributed by atoms with Gasteiger partial charge in [-0.1, -0.05) is 34.7 Å². The highest BCUT2D eigenvalue weighted by molar-refractivity contribution is 14.1. The molecule has 0 aliphatic rings. The van der Waals surface area contributed by atoms with Crippen molar-refractivity contribution in [3.05, 3.63) is 29.8 Å². The summed E-state index contributed by atoms with van der Waals surface area (Å²) in [6.45, 7) is 0. The second kappa shape index (κ2) is 3.06. The zero-order valence-corrected chi connectivity index (χ0v) is 7.00. The van der Waals surface area contributed by atoms with Gasteiger partial charge in [0, 0.05) is 4.43 Å². The van der Waals surface area contributed by atoms with Crippen molar-refractivity contribution in [2.45, 2.75) is 4.43 Å². The molecule has 1 nitrogen and oxygen atoms in total. The second-order valence-corrected chi connectivity index (χ2v) is 2.56. The third kappa shape index (κ3) is 1.86. The Labute approximate surface area is 67.9 Å². The van der Waals surface area contributed by atoms with E-state index in [1.54, 1.807) is 12.1 Å². The number of phenolic OH excluding ortho intramolecular Hbond substituents is 1. The van der Waals surface area contributed by atoms with E-state index in [-0.39, 0.29) is 0 Å². The van der Waals surface area contributed by atoms with E-state index >= 15 is 0 Å². The molecule has 0 unspecified atom stereocenters. The molecule has 0 bridgehead atoms. The first-order chi connectivity index (χ1) is 4.33. The molecule has 0 radical (unpaired) electrons. The molecular formula is C7H7IO. The zero-order chi connectivity index (χ0) is 6.69. The van der Waals surface area contributed by atoms with E-state index in [4.69, 9.17) is 5.11 Å². The van der Waals surface area contributed by atoms with Crippen LogP contribution in [0.4, 0.5) is 0 Å². The average Bonchev–Trinajstić information content (AvgIpc) is 1.90. The van der Waals surface area contributed by atoms with E-state index in [1.807, 2.05) is 12.1 Å². The van der Waals surface area contributed by atoms with E-state index in [0.29, 0.717) is 5.75 Å². The largest absolute Gasteiger partial charge is 0.508 e. The van der Waals surface area contributed by atoms with Gasteiger partial charge in [-0.05, 0) is 17.7 Å². The number of rotatable bonds is 1. The van der Waals surface area contributed by atoms with Crippen molar-refractivity contribution in [2.24, 2.45) is 0 Å². The minimum absolute atomic E-state index is 0.337. The van der Waals surface area contributed by atoms with Crippen LogP contribution in [0.3, 0.4) is 0 Å². The van der Waals surface area contributed by atoms with E-state index in [9.17, 15) is 0 Å². The van der Waals surface area contributed by atoms with Crippen molar-refractivity contribution < 1.29 is 5.11 Å². The van der Waals surface area contributed by atoms with Gasteiger partial charge in [-0.2, -0.15) is 0 Å². The Bertz CT molecular complexity index is 181. The molecule has 0 atom stereocenters. The van der Waals surface area contributed by atoms with E-state index in [1.165, 1.54) is 5.56 Å². The molecule has 0 saturated heterocycles. The predicted octanol–water partition coefficient (Wildman–Crippen LogP) is 2.33.